The Labute approximate surface area is 166 Å². The first-order valence-electron chi connectivity index (χ1n) is 9.03. The van der Waals surface area contributed by atoms with Gasteiger partial charge in [-0.25, -0.2) is 4.98 Å². The van der Waals surface area contributed by atoms with Gasteiger partial charge in [-0.05, 0) is 35.4 Å². The molecule has 4 aromatic rings. The molecule has 144 valence electrons. The maximum atomic E-state index is 12.7. The normalized spacial score (nSPS) is 10.6. The van der Waals surface area contributed by atoms with Crippen molar-refractivity contribution in [3.63, 3.8) is 0 Å². The summed E-state index contributed by atoms with van der Waals surface area (Å²) in [5, 5.41) is 5.64. The van der Waals surface area contributed by atoms with Crippen molar-refractivity contribution in [3.05, 3.63) is 96.1 Å². The highest BCUT2D eigenvalue weighted by atomic mass is 16.2. The summed E-state index contributed by atoms with van der Waals surface area (Å²) in [6, 6.07) is 12.7. The fourth-order valence-electron chi connectivity index (χ4n) is 2.90. The van der Waals surface area contributed by atoms with Crippen molar-refractivity contribution in [3.8, 4) is 0 Å². The highest BCUT2D eigenvalue weighted by Crippen LogP contribution is 2.14. The van der Waals surface area contributed by atoms with Crippen LogP contribution in [0, 0.1) is 0 Å². The molecule has 0 aromatic carbocycles. The van der Waals surface area contributed by atoms with Crippen LogP contribution in [0.3, 0.4) is 0 Å². The second-order valence-electron chi connectivity index (χ2n) is 6.33. The average Bonchev–Trinajstić information content (AvgIpc) is 3.17. The van der Waals surface area contributed by atoms with Crippen LogP contribution >= 0.6 is 0 Å². The van der Waals surface area contributed by atoms with Crippen LogP contribution in [0.15, 0.2) is 73.4 Å². The molecule has 4 aromatic heterocycles. The molecule has 0 saturated carbocycles. The first-order valence-corrected chi connectivity index (χ1v) is 9.03. The maximum absolute atomic E-state index is 12.7. The number of rotatable bonds is 6. The smallest absolute Gasteiger partial charge is 0.287 e. The number of hydrogen-bond acceptors (Lipinski definition) is 5. The van der Waals surface area contributed by atoms with Crippen molar-refractivity contribution in [2.45, 2.75) is 13.1 Å². The molecule has 2 amide bonds. The van der Waals surface area contributed by atoms with Gasteiger partial charge in [0.2, 0.25) is 5.82 Å². The fraction of sp³-hybridized carbons (Fsp3) is 0.0952. The van der Waals surface area contributed by atoms with Gasteiger partial charge < -0.3 is 10.6 Å². The topological polar surface area (TPSA) is 101 Å². The number of fused-ring (bicyclic) bond motifs is 1. The van der Waals surface area contributed by atoms with Gasteiger partial charge in [0.1, 0.15) is 0 Å². The molecule has 0 radical (unpaired) electrons. The summed E-state index contributed by atoms with van der Waals surface area (Å²) in [5.41, 5.74) is 2.50. The molecular weight excluding hydrogens is 368 g/mol. The quantitative estimate of drug-likeness (QED) is 0.528. The van der Waals surface area contributed by atoms with Crippen LogP contribution in [0.2, 0.25) is 0 Å². The number of pyridine rings is 3. The van der Waals surface area contributed by atoms with Crippen LogP contribution in [0.25, 0.3) is 5.52 Å². The van der Waals surface area contributed by atoms with Crippen LogP contribution in [0.5, 0.6) is 0 Å². The van der Waals surface area contributed by atoms with Crippen molar-refractivity contribution in [1.29, 1.82) is 0 Å². The largest absolute Gasteiger partial charge is 0.346 e. The highest BCUT2D eigenvalue weighted by Gasteiger charge is 2.21. The SMILES string of the molecule is O=C(NCc1cccnc1)c1nc(C(=O)NCc2cccnc2)n2ccccc12. The Kier molecular flexibility index (Phi) is 5.24. The van der Waals surface area contributed by atoms with E-state index in [-0.39, 0.29) is 23.3 Å². The number of hydrogen-bond donors (Lipinski definition) is 2. The Bertz CT molecular complexity index is 1050. The number of aromatic nitrogens is 4. The molecule has 0 spiro atoms. The van der Waals surface area contributed by atoms with Gasteiger partial charge >= 0.3 is 0 Å². The Hall–Kier alpha value is -4.07. The van der Waals surface area contributed by atoms with E-state index in [0.29, 0.717) is 18.6 Å². The summed E-state index contributed by atoms with van der Waals surface area (Å²) < 4.78 is 1.61. The Morgan fingerprint density at radius 2 is 1.48 bits per heavy atom. The standard InChI is InChI=1S/C21H18N6O2/c28-20(24-13-15-5-3-8-22-11-15)18-17-7-1-2-10-27(17)19(26-18)21(29)25-14-16-6-4-9-23-12-16/h1-12H,13-14H2,(H,24,28)(H,25,29). The molecule has 2 N–H and O–H groups in total. The van der Waals surface area contributed by atoms with Crippen LogP contribution in [-0.2, 0) is 13.1 Å². The number of nitrogens with zero attached hydrogens (tertiary/aromatic N) is 4. The number of imidazole rings is 1. The summed E-state index contributed by atoms with van der Waals surface area (Å²) in [5.74, 6) is -0.582. The van der Waals surface area contributed by atoms with E-state index in [0.717, 1.165) is 11.1 Å². The lowest BCUT2D eigenvalue weighted by Crippen LogP contribution is -2.26. The van der Waals surface area contributed by atoms with E-state index >= 15 is 0 Å². The molecule has 0 aliphatic carbocycles. The lowest BCUT2D eigenvalue weighted by atomic mass is 10.2. The third-order valence-corrected chi connectivity index (χ3v) is 4.32. The number of carbonyl (C=O) groups is 2. The molecule has 0 unspecified atom stereocenters. The summed E-state index contributed by atoms with van der Waals surface area (Å²) in [4.78, 5) is 37.8. The molecule has 4 heterocycles. The Morgan fingerprint density at radius 3 is 2.10 bits per heavy atom. The van der Waals surface area contributed by atoms with Gasteiger partial charge in [0.15, 0.2) is 5.69 Å². The molecule has 0 saturated heterocycles. The lowest BCUT2D eigenvalue weighted by Gasteiger charge is -2.04. The first kappa shape index (κ1) is 18.3. The molecule has 0 fully saturated rings. The molecule has 4 rings (SSSR count). The third-order valence-electron chi connectivity index (χ3n) is 4.32. The van der Waals surface area contributed by atoms with Crippen molar-refractivity contribution in [1.82, 2.24) is 30.0 Å². The van der Waals surface area contributed by atoms with Gasteiger partial charge in [-0.2, -0.15) is 0 Å². The van der Waals surface area contributed by atoms with E-state index in [2.05, 4.69) is 25.6 Å². The van der Waals surface area contributed by atoms with Gasteiger partial charge in [0.25, 0.3) is 11.8 Å². The molecule has 8 heteroatoms. The molecule has 0 aliphatic rings. The van der Waals surface area contributed by atoms with Gasteiger partial charge in [-0.3, -0.25) is 24.0 Å². The van der Waals surface area contributed by atoms with Crippen LogP contribution in [-0.4, -0.2) is 31.2 Å². The minimum atomic E-state index is -0.374. The number of amides is 2. The summed E-state index contributed by atoms with van der Waals surface area (Å²) >= 11 is 0. The Balaban J connectivity index is 1.54. The number of carbonyl (C=O) groups excluding carboxylic acids is 2. The van der Waals surface area contributed by atoms with Crippen molar-refractivity contribution in [2.24, 2.45) is 0 Å². The Morgan fingerprint density at radius 1 is 0.828 bits per heavy atom. The second-order valence-corrected chi connectivity index (χ2v) is 6.33. The monoisotopic (exact) mass is 386 g/mol. The van der Waals surface area contributed by atoms with Crippen molar-refractivity contribution >= 4 is 17.3 Å². The highest BCUT2D eigenvalue weighted by molar-refractivity contribution is 6.02. The minimum Gasteiger partial charge on any atom is -0.346 e. The fourth-order valence-corrected chi connectivity index (χ4v) is 2.90. The molecule has 0 atom stereocenters. The third kappa shape index (κ3) is 4.11. The van der Waals surface area contributed by atoms with Crippen LogP contribution < -0.4 is 10.6 Å². The maximum Gasteiger partial charge on any atom is 0.287 e. The zero-order valence-electron chi connectivity index (χ0n) is 15.4. The molecule has 0 aliphatic heterocycles. The van der Waals surface area contributed by atoms with Crippen molar-refractivity contribution < 1.29 is 9.59 Å². The predicted octanol–water partition coefficient (Wildman–Crippen LogP) is 1.98. The van der Waals surface area contributed by atoms with E-state index < -0.39 is 0 Å². The van der Waals surface area contributed by atoms with E-state index in [4.69, 9.17) is 0 Å². The first-order chi connectivity index (χ1) is 14.2. The summed E-state index contributed by atoms with van der Waals surface area (Å²) in [7, 11) is 0. The van der Waals surface area contributed by atoms with Crippen LogP contribution in [0.1, 0.15) is 32.2 Å². The van der Waals surface area contributed by atoms with Gasteiger partial charge in [0.05, 0.1) is 5.52 Å². The van der Waals surface area contributed by atoms with E-state index in [1.54, 1.807) is 65.7 Å². The van der Waals surface area contributed by atoms with Gasteiger partial charge in [0, 0.05) is 44.1 Å². The van der Waals surface area contributed by atoms with Gasteiger partial charge in [-0.15, -0.1) is 0 Å². The lowest BCUT2D eigenvalue weighted by molar-refractivity contribution is 0.0939. The molecule has 8 nitrogen and oxygen atoms in total. The molecule has 0 bridgehead atoms. The van der Waals surface area contributed by atoms with Gasteiger partial charge in [-0.1, -0.05) is 18.2 Å². The minimum absolute atomic E-state index is 0.149. The second kappa shape index (κ2) is 8.30. The summed E-state index contributed by atoms with van der Waals surface area (Å²) in [6.07, 6.45) is 8.41. The van der Waals surface area contributed by atoms with E-state index in [1.165, 1.54) is 0 Å². The van der Waals surface area contributed by atoms with E-state index in [9.17, 15) is 9.59 Å². The molecular formula is C21H18N6O2. The van der Waals surface area contributed by atoms with Crippen LogP contribution in [0.4, 0.5) is 0 Å². The zero-order valence-corrected chi connectivity index (χ0v) is 15.4. The zero-order chi connectivity index (χ0) is 20.1. The predicted molar refractivity (Wildman–Crippen MR) is 106 cm³/mol. The molecule has 29 heavy (non-hydrogen) atoms. The summed E-state index contributed by atoms with van der Waals surface area (Å²) in [6.45, 7) is 0.637. The average molecular weight is 386 g/mol. The van der Waals surface area contributed by atoms with E-state index in [1.807, 2.05) is 12.1 Å². The number of nitrogens with one attached hydrogen (secondary N) is 2. The van der Waals surface area contributed by atoms with Crippen molar-refractivity contribution in [2.75, 3.05) is 0 Å².